The maximum absolute atomic E-state index is 13.0. The molecule has 1 aliphatic heterocycles. The van der Waals surface area contributed by atoms with Crippen LogP contribution in [0.4, 0.5) is 0 Å². The highest BCUT2D eigenvalue weighted by molar-refractivity contribution is 6.44. The van der Waals surface area contributed by atoms with Crippen LogP contribution in [0.1, 0.15) is 21.5 Å². The van der Waals surface area contributed by atoms with E-state index in [4.69, 9.17) is 23.2 Å². The topological polar surface area (TPSA) is 23.6 Å². The smallest absolute Gasteiger partial charge is 0.194 e. The van der Waals surface area contributed by atoms with Crippen molar-refractivity contribution in [1.82, 2.24) is 9.80 Å². The third kappa shape index (κ3) is 3.81. The van der Waals surface area contributed by atoms with Crippen LogP contribution in [0.2, 0.25) is 10.0 Å². The molecular formula is C19H20Cl2N2O. The van der Waals surface area contributed by atoms with Gasteiger partial charge in [0.15, 0.2) is 5.78 Å². The summed E-state index contributed by atoms with van der Waals surface area (Å²) in [5, 5.41) is 0.720. The average Bonchev–Trinajstić information content (AvgIpc) is 2.59. The van der Waals surface area contributed by atoms with Crippen LogP contribution in [0.25, 0.3) is 0 Å². The second-order valence-electron chi connectivity index (χ2n) is 6.17. The van der Waals surface area contributed by atoms with Gasteiger partial charge in [-0.05, 0) is 24.7 Å². The fraction of sp³-hybridized carbons (Fsp3) is 0.316. The molecule has 0 spiro atoms. The molecule has 126 valence electrons. The zero-order valence-corrected chi connectivity index (χ0v) is 15.1. The zero-order valence-electron chi connectivity index (χ0n) is 13.6. The third-order valence-electron chi connectivity index (χ3n) is 4.45. The van der Waals surface area contributed by atoms with E-state index in [1.54, 1.807) is 18.2 Å². The van der Waals surface area contributed by atoms with Gasteiger partial charge in [-0.3, -0.25) is 9.69 Å². The summed E-state index contributed by atoms with van der Waals surface area (Å²) >= 11 is 12.3. The molecule has 0 amide bonds. The second kappa shape index (κ2) is 7.66. The molecule has 0 N–H and O–H groups in total. The first-order chi connectivity index (χ1) is 11.6. The third-order valence-corrected chi connectivity index (χ3v) is 5.27. The van der Waals surface area contributed by atoms with E-state index in [2.05, 4.69) is 16.8 Å². The molecular weight excluding hydrogens is 343 g/mol. The van der Waals surface area contributed by atoms with E-state index in [1.165, 1.54) is 0 Å². The van der Waals surface area contributed by atoms with E-state index in [0.717, 1.165) is 38.3 Å². The van der Waals surface area contributed by atoms with Crippen LogP contribution in [-0.2, 0) is 6.54 Å². The highest BCUT2D eigenvalue weighted by Gasteiger charge is 2.20. The first kappa shape index (κ1) is 17.4. The number of nitrogens with zero attached hydrogens (tertiary/aromatic N) is 2. The number of ketones is 1. The Hall–Kier alpha value is -1.39. The summed E-state index contributed by atoms with van der Waals surface area (Å²) in [5.41, 5.74) is 2.18. The number of rotatable bonds is 4. The number of hydrogen-bond acceptors (Lipinski definition) is 3. The van der Waals surface area contributed by atoms with E-state index in [0.29, 0.717) is 21.2 Å². The number of hydrogen-bond donors (Lipinski definition) is 0. The molecule has 1 aliphatic rings. The van der Waals surface area contributed by atoms with Crippen LogP contribution >= 0.6 is 23.2 Å². The summed E-state index contributed by atoms with van der Waals surface area (Å²) in [6.45, 7) is 4.90. The van der Waals surface area contributed by atoms with Gasteiger partial charge in [-0.2, -0.15) is 0 Å². The first-order valence-corrected chi connectivity index (χ1v) is 8.79. The molecule has 1 saturated heterocycles. The van der Waals surface area contributed by atoms with Gasteiger partial charge in [-0.1, -0.05) is 53.5 Å². The van der Waals surface area contributed by atoms with E-state index in [-0.39, 0.29) is 5.78 Å². The molecule has 0 atom stereocenters. The SMILES string of the molecule is CN1CCN(Cc2ccccc2C(=O)c2cccc(Cl)c2Cl)CC1. The van der Waals surface area contributed by atoms with Crippen LogP contribution in [0, 0.1) is 0 Å². The molecule has 0 aromatic heterocycles. The van der Waals surface area contributed by atoms with Gasteiger partial charge in [0.2, 0.25) is 0 Å². The molecule has 1 heterocycles. The summed E-state index contributed by atoms with van der Waals surface area (Å²) in [7, 11) is 2.13. The fourth-order valence-corrected chi connectivity index (χ4v) is 3.34. The normalized spacial score (nSPS) is 16.3. The van der Waals surface area contributed by atoms with Crippen molar-refractivity contribution < 1.29 is 4.79 Å². The Balaban J connectivity index is 1.86. The Bertz CT molecular complexity index is 740. The number of halogens is 2. The van der Waals surface area contributed by atoms with Crippen molar-refractivity contribution in [2.75, 3.05) is 33.2 Å². The molecule has 2 aromatic carbocycles. The Morgan fingerprint density at radius 2 is 1.62 bits per heavy atom. The Morgan fingerprint density at radius 3 is 2.38 bits per heavy atom. The van der Waals surface area contributed by atoms with Crippen molar-refractivity contribution in [3.63, 3.8) is 0 Å². The van der Waals surface area contributed by atoms with Crippen LogP contribution in [-0.4, -0.2) is 48.8 Å². The van der Waals surface area contributed by atoms with Crippen molar-refractivity contribution in [2.45, 2.75) is 6.54 Å². The fourth-order valence-electron chi connectivity index (χ4n) is 2.95. The van der Waals surface area contributed by atoms with Crippen LogP contribution in [0.3, 0.4) is 0 Å². The number of carbonyl (C=O) groups is 1. The van der Waals surface area contributed by atoms with E-state index < -0.39 is 0 Å². The van der Waals surface area contributed by atoms with Crippen LogP contribution < -0.4 is 0 Å². The van der Waals surface area contributed by atoms with Gasteiger partial charge in [0.1, 0.15) is 0 Å². The Labute approximate surface area is 152 Å². The predicted octanol–water partition coefficient (Wildman–Crippen LogP) is 3.97. The van der Waals surface area contributed by atoms with Gasteiger partial charge in [0, 0.05) is 43.9 Å². The van der Waals surface area contributed by atoms with Crippen molar-refractivity contribution in [3.05, 3.63) is 69.2 Å². The van der Waals surface area contributed by atoms with Crippen molar-refractivity contribution in [1.29, 1.82) is 0 Å². The van der Waals surface area contributed by atoms with E-state index >= 15 is 0 Å². The second-order valence-corrected chi connectivity index (χ2v) is 6.95. The summed E-state index contributed by atoms with van der Waals surface area (Å²) in [4.78, 5) is 17.7. The lowest BCUT2D eigenvalue weighted by molar-refractivity contribution is 0.103. The number of piperazine rings is 1. The molecule has 0 radical (unpaired) electrons. The van der Waals surface area contributed by atoms with Crippen LogP contribution in [0.5, 0.6) is 0 Å². The molecule has 3 nitrogen and oxygen atoms in total. The quantitative estimate of drug-likeness (QED) is 0.768. The number of likely N-dealkylation sites (N-methyl/N-ethyl adjacent to an activating group) is 1. The van der Waals surface area contributed by atoms with Gasteiger partial charge >= 0.3 is 0 Å². The minimum Gasteiger partial charge on any atom is -0.304 e. The van der Waals surface area contributed by atoms with Gasteiger partial charge in [0.05, 0.1) is 10.0 Å². The van der Waals surface area contributed by atoms with Crippen LogP contribution in [0.15, 0.2) is 42.5 Å². The molecule has 3 rings (SSSR count). The molecule has 0 aliphatic carbocycles. The zero-order chi connectivity index (χ0) is 17.1. The Kier molecular flexibility index (Phi) is 5.57. The van der Waals surface area contributed by atoms with Gasteiger partial charge in [0.25, 0.3) is 0 Å². The van der Waals surface area contributed by atoms with E-state index in [1.807, 2.05) is 24.3 Å². The summed E-state index contributed by atoms with van der Waals surface area (Å²) in [5.74, 6) is -0.0766. The highest BCUT2D eigenvalue weighted by Crippen LogP contribution is 2.28. The molecule has 2 aromatic rings. The Morgan fingerprint density at radius 1 is 0.958 bits per heavy atom. The molecule has 0 unspecified atom stereocenters. The minimum absolute atomic E-state index is 0.0766. The molecule has 24 heavy (non-hydrogen) atoms. The minimum atomic E-state index is -0.0766. The standard InChI is InChI=1S/C19H20Cl2N2O/c1-22-9-11-23(12-10-22)13-14-5-2-3-6-15(14)19(24)16-7-4-8-17(20)18(16)21/h2-8H,9-13H2,1H3. The van der Waals surface area contributed by atoms with Gasteiger partial charge < -0.3 is 4.90 Å². The predicted molar refractivity (Wildman–Crippen MR) is 99.1 cm³/mol. The first-order valence-electron chi connectivity index (χ1n) is 8.04. The number of benzene rings is 2. The monoisotopic (exact) mass is 362 g/mol. The van der Waals surface area contributed by atoms with Gasteiger partial charge in [-0.25, -0.2) is 0 Å². The largest absolute Gasteiger partial charge is 0.304 e. The lowest BCUT2D eigenvalue weighted by Gasteiger charge is -2.32. The lowest BCUT2D eigenvalue weighted by Crippen LogP contribution is -2.44. The van der Waals surface area contributed by atoms with Crippen molar-refractivity contribution in [2.24, 2.45) is 0 Å². The summed E-state index contributed by atoms with van der Waals surface area (Å²) < 4.78 is 0. The summed E-state index contributed by atoms with van der Waals surface area (Å²) in [6.07, 6.45) is 0. The summed E-state index contributed by atoms with van der Waals surface area (Å²) in [6, 6.07) is 12.9. The lowest BCUT2D eigenvalue weighted by atomic mass is 9.98. The van der Waals surface area contributed by atoms with Crippen molar-refractivity contribution in [3.8, 4) is 0 Å². The van der Waals surface area contributed by atoms with Gasteiger partial charge in [-0.15, -0.1) is 0 Å². The number of carbonyl (C=O) groups excluding carboxylic acids is 1. The average molecular weight is 363 g/mol. The molecule has 0 saturated carbocycles. The molecule has 5 heteroatoms. The maximum Gasteiger partial charge on any atom is 0.194 e. The molecule has 0 bridgehead atoms. The molecule has 1 fully saturated rings. The maximum atomic E-state index is 13.0. The van der Waals surface area contributed by atoms with Crippen molar-refractivity contribution >= 4 is 29.0 Å². The van der Waals surface area contributed by atoms with E-state index in [9.17, 15) is 4.79 Å². The highest BCUT2D eigenvalue weighted by atomic mass is 35.5.